The van der Waals surface area contributed by atoms with Gasteiger partial charge in [-0.1, -0.05) is 58.4 Å². The van der Waals surface area contributed by atoms with E-state index in [0.29, 0.717) is 12.0 Å². The molecule has 0 saturated heterocycles. The van der Waals surface area contributed by atoms with E-state index in [1.807, 2.05) is 30.3 Å². The van der Waals surface area contributed by atoms with Gasteiger partial charge in [-0.05, 0) is 29.7 Å². The number of carbonyl (C=O) groups excluding carboxylic acids is 2. The van der Waals surface area contributed by atoms with Gasteiger partial charge < -0.3 is 5.32 Å². The second kappa shape index (κ2) is 8.45. The molecule has 0 aromatic heterocycles. The summed E-state index contributed by atoms with van der Waals surface area (Å²) < 4.78 is 0.861. The molecule has 2 aromatic carbocycles. The minimum absolute atomic E-state index is 0.259. The van der Waals surface area contributed by atoms with Crippen molar-refractivity contribution in [3.05, 3.63) is 70.2 Å². The Hall–Kier alpha value is -2.18. The van der Waals surface area contributed by atoms with Crippen LogP contribution in [0.25, 0.3) is 0 Å². The number of amides is 2. The van der Waals surface area contributed by atoms with Gasteiger partial charge in [0.2, 0.25) is 5.91 Å². The van der Waals surface area contributed by atoms with Crippen LogP contribution in [0.2, 0.25) is 0 Å². The minimum Gasteiger partial charge on any atom is -0.340 e. The highest BCUT2D eigenvalue weighted by molar-refractivity contribution is 9.10. The van der Waals surface area contributed by atoms with Gasteiger partial charge in [0.25, 0.3) is 5.91 Å². The molecular weight excluding hydrogens is 360 g/mol. The summed E-state index contributed by atoms with van der Waals surface area (Å²) in [5, 5.41) is 11.5. The fraction of sp³-hybridized carbons (Fsp3) is 0.176. The van der Waals surface area contributed by atoms with Crippen LogP contribution in [0.15, 0.2) is 59.1 Å². The summed E-state index contributed by atoms with van der Waals surface area (Å²) in [6, 6.07) is 15.7. The third-order valence-corrected chi connectivity index (χ3v) is 3.89. The van der Waals surface area contributed by atoms with Crippen molar-refractivity contribution in [1.29, 1.82) is 0 Å². The number of hydroxylamine groups is 1. The van der Waals surface area contributed by atoms with E-state index in [1.165, 1.54) is 0 Å². The van der Waals surface area contributed by atoms with Crippen LogP contribution < -0.4 is 10.8 Å². The Kier molecular flexibility index (Phi) is 6.31. The standard InChI is InChI=1S/C17H17BrN2O3/c18-14-9-7-13(8-10-14)16(17(22)20-23)19-15(21)11-6-12-4-2-1-3-5-12/h1-5,7-10,16,23H,6,11H2,(H,19,21)(H,20,22). The van der Waals surface area contributed by atoms with Crippen molar-refractivity contribution in [3.63, 3.8) is 0 Å². The smallest absolute Gasteiger partial charge is 0.270 e. The van der Waals surface area contributed by atoms with E-state index in [9.17, 15) is 9.59 Å². The van der Waals surface area contributed by atoms with Gasteiger partial charge in [0, 0.05) is 10.9 Å². The third kappa shape index (κ3) is 5.19. The monoisotopic (exact) mass is 376 g/mol. The van der Waals surface area contributed by atoms with Crippen LogP contribution in [0.5, 0.6) is 0 Å². The first-order valence-corrected chi connectivity index (χ1v) is 7.92. The van der Waals surface area contributed by atoms with Crippen molar-refractivity contribution in [2.45, 2.75) is 18.9 Å². The predicted molar refractivity (Wildman–Crippen MR) is 89.7 cm³/mol. The van der Waals surface area contributed by atoms with Crippen LogP contribution >= 0.6 is 15.9 Å². The van der Waals surface area contributed by atoms with E-state index in [4.69, 9.17) is 5.21 Å². The lowest BCUT2D eigenvalue weighted by Crippen LogP contribution is -2.39. The molecular formula is C17H17BrN2O3. The molecule has 0 aliphatic rings. The van der Waals surface area contributed by atoms with Gasteiger partial charge in [0.05, 0.1) is 0 Å². The zero-order chi connectivity index (χ0) is 16.7. The molecule has 1 atom stereocenters. The number of nitrogens with one attached hydrogen (secondary N) is 2. The molecule has 120 valence electrons. The average molecular weight is 377 g/mol. The Bertz CT molecular complexity index is 659. The molecule has 0 aliphatic carbocycles. The highest BCUT2D eigenvalue weighted by Gasteiger charge is 2.22. The molecule has 23 heavy (non-hydrogen) atoms. The average Bonchev–Trinajstić information content (AvgIpc) is 2.59. The van der Waals surface area contributed by atoms with Crippen LogP contribution in [0.3, 0.4) is 0 Å². The van der Waals surface area contributed by atoms with Crippen LogP contribution in [0.4, 0.5) is 0 Å². The van der Waals surface area contributed by atoms with E-state index in [0.717, 1.165) is 10.0 Å². The molecule has 2 aromatic rings. The van der Waals surface area contributed by atoms with Crippen LogP contribution in [0, 0.1) is 0 Å². The molecule has 0 bridgehead atoms. The quantitative estimate of drug-likeness (QED) is 0.535. The molecule has 0 heterocycles. The number of halogens is 1. The molecule has 2 amide bonds. The Labute approximate surface area is 142 Å². The van der Waals surface area contributed by atoms with Gasteiger partial charge in [-0.15, -0.1) is 0 Å². The minimum atomic E-state index is -0.934. The first-order valence-electron chi connectivity index (χ1n) is 7.13. The third-order valence-electron chi connectivity index (χ3n) is 3.36. The largest absolute Gasteiger partial charge is 0.340 e. The van der Waals surface area contributed by atoms with Gasteiger partial charge in [-0.25, -0.2) is 5.48 Å². The molecule has 0 aliphatic heterocycles. The zero-order valence-electron chi connectivity index (χ0n) is 12.3. The Morgan fingerprint density at radius 2 is 1.70 bits per heavy atom. The maximum Gasteiger partial charge on any atom is 0.270 e. The summed E-state index contributed by atoms with van der Waals surface area (Å²) in [5.74, 6) is -0.939. The van der Waals surface area contributed by atoms with E-state index >= 15 is 0 Å². The molecule has 3 N–H and O–H groups in total. The van der Waals surface area contributed by atoms with Crippen LogP contribution in [-0.4, -0.2) is 17.0 Å². The predicted octanol–water partition coefficient (Wildman–Crippen LogP) is 2.74. The fourth-order valence-corrected chi connectivity index (χ4v) is 2.42. The van der Waals surface area contributed by atoms with E-state index < -0.39 is 11.9 Å². The molecule has 2 rings (SSSR count). The fourth-order valence-electron chi connectivity index (χ4n) is 2.16. The molecule has 0 spiro atoms. The van der Waals surface area contributed by atoms with Crippen LogP contribution in [0.1, 0.15) is 23.6 Å². The van der Waals surface area contributed by atoms with E-state index in [-0.39, 0.29) is 12.3 Å². The van der Waals surface area contributed by atoms with Gasteiger partial charge in [-0.2, -0.15) is 0 Å². The first kappa shape index (κ1) is 17.2. The topological polar surface area (TPSA) is 78.4 Å². The number of aryl methyl sites for hydroxylation is 1. The Morgan fingerprint density at radius 3 is 2.30 bits per heavy atom. The lowest BCUT2D eigenvalue weighted by Gasteiger charge is -2.17. The lowest BCUT2D eigenvalue weighted by atomic mass is 10.1. The first-order chi connectivity index (χ1) is 11.1. The maximum absolute atomic E-state index is 12.1. The molecule has 0 saturated carbocycles. The second-order valence-electron chi connectivity index (χ2n) is 5.01. The Morgan fingerprint density at radius 1 is 1.04 bits per heavy atom. The maximum atomic E-state index is 12.1. The number of rotatable bonds is 6. The van der Waals surface area contributed by atoms with Gasteiger partial charge in [-0.3, -0.25) is 14.8 Å². The molecule has 0 fully saturated rings. The number of hydrogen-bond donors (Lipinski definition) is 3. The lowest BCUT2D eigenvalue weighted by molar-refractivity contribution is -0.134. The molecule has 6 heteroatoms. The summed E-state index contributed by atoms with van der Waals surface area (Å²) in [6.07, 6.45) is 0.843. The highest BCUT2D eigenvalue weighted by Crippen LogP contribution is 2.17. The van der Waals surface area contributed by atoms with E-state index in [2.05, 4.69) is 21.2 Å². The SMILES string of the molecule is O=C(CCc1ccccc1)NC(C(=O)NO)c1ccc(Br)cc1. The number of hydrogen-bond acceptors (Lipinski definition) is 3. The second-order valence-corrected chi connectivity index (χ2v) is 5.93. The van der Waals surface area contributed by atoms with Gasteiger partial charge in [0.15, 0.2) is 0 Å². The van der Waals surface area contributed by atoms with Gasteiger partial charge in [0.1, 0.15) is 6.04 Å². The van der Waals surface area contributed by atoms with Crippen molar-refractivity contribution >= 4 is 27.7 Å². The van der Waals surface area contributed by atoms with Crippen molar-refractivity contribution in [2.75, 3.05) is 0 Å². The highest BCUT2D eigenvalue weighted by atomic mass is 79.9. The van der Waals surface area contributed by atoms with Gasteiger partial charge >= 0.3 is 0 Å². The molecule has 1 unspecified atom stereocenters. The number of benzene rings is 2. The summed E-state index contributed by atoms with van der Waals surface area (Å²) in [4.78, 5) is 23.9. The molecule has 0 radical (unpaired) electrons. The normalized spacial score (nSPS) is 11.6. The number of carbonyl (C=O) groups is 2. The Balaban J connectivity index is 2.01. The summed E-state index contributed by atoms with van der Waals surface area (Å²) in [7, 11) is 0. The summed E-state index contributed by atoms with van der Waals surface area (Å²) in [6.45, 7) is 0. The van der Waals surface area contributed by atoms with E-state index in [1.54, 1.807) is 29.7 Å². The summed E-state index contributed by atoms with van der Waals surface area (Å²) in [5.41, 5.74) is 3.23. The zero-order valence-corrected chi connectivity index (χ0v) is 13.9. The van der Waals surface area contributed by atoms with Crippen molar-refractivity contribution < 1.29 is 14.8 Å². The van der Waals surface area contributed by atoms with Crippen molar-refractivity contribution in [3.8, 4) is 0 Å². The van der Waals surface area contributed by atoms with Crippen molar-refractivity contribution in [2.24, 2.45) is 0 Å². The molecule has 5 nitrogen and oxygen atoms in total. The van der Waals surface area contributed by atoms with Crippen LogP contribution in [-0.2, 0) is 16.0 Å². The summed E-state index contributed by atoms with van der Waals surface area (Å²) >= 11 is 3.31. The van der Waals surface area contributed by atoms with Crippen molar-refractivity contribution in [1.82, 2.24) is 10.8 Å².